The number of aliphatic hydroxyl groups is 1. The van der Waals surface area contributed by atoms with Crippen LogP contribution in [0.2, 0.25) is 0 Å². The summed E-state index contributed by atoms with van der Waals surface area (Å²) in [6.07, 6.45) is 0. The van der Waals surface area contributed by atoms with Crippen LogP contribution in [0.1, 0.15) is 24.1 Å². The molecule has 1 aromatic heterocycles. The van der Waals surface area contributed by atoms with Crippen LogP contribution in [0.25, 0.3) is 16.0 Å². The zero-order chi connectivity index (χ0) is 28.0. The Morgan fingerprint density at radius 2 is 1.88 bits per heavy atom. The van der Waals surface area contributed by atoms with E-state index in [-0.39, 0.29) is 22.0 Å². The lowest BCUT2D eigenvalue weighted by Gasteiger charge is -2.24. The lowest BCUT2D eigenvalue weighted by atomic mass is 9.95. The van der Waals surface area contributed by atoms with Gasteiger partial charge in [0.05, 0.1) is 35.5 Å². The summed E-state index contributed by atoms with van der Waals surface area (Å²) in [5.41, 5.74) is 1.08. The molecular weight excluding hydrogens is 539 g/mol. The van der Waals surface area contributed by atoms with Crippen molar-refractivity contribution in [2.24, 2.45) is 0 Å². The number of carbonyl (C=O) groups excluding carboxylic acids is 2. The molecule has 2 aliphatic rings. The van der Waals surface area contributed by atoms with Crippen molar-refractivity contribution in [2.75, 3.05) is 31.8 Å². The molecule has 9 nitrogen and oxygen atoms in total. The number of carbonyl (C=O) groups is 2. The molecule has 1 unspecified atom stereocenters. The molecule has 0 radical (unpaired) electrons. The smallest absolute Gasteiger partial charge is 0.301 e. The van der Waals surface area contributed by atoms with E-state index in [1.807, 2.05) is 6.92 Å². The Balaban J connectivity index is 1.55. The van der Waals surface area contributed by atoms with Gasteiger partial charge in [-0.05, 0) is 61.0 Å². The predicted octanol–water partition coefficient (Wildman–Crippen LogP) is 5.24. The molecule has 1 N–H and O–H groups in total. The number of Topliss-reactive ketones (excluding diaryl/α,β-unsaturated/α-hetero) is 1. The van der Waals surface area contributed by atoms with Crippen molar-refractivity contribution >= 4 is 44.1 Å². The lowest BCUT2D eigenvalue weighted by molar-refractivity contribution is -0.132. The number of aliphatic hydroxyl groups excluding tert-OH is 1. The molecule has 1 saturated heterocycles. The van der Waals surface area contributed by atoms with Crippen LogP contribution in [0, 0.1) is 5.82 Å². The second-order valence-corrected chi connectivity index (χ2v) is 9.99. The summed E-state index contributed by atoms with van der Waals surface area (Å²) in [5.74, 6) is -0.815. The van der Waals surface area contributed by atoms with Gasteiger partial charge in [-0.1, -0.05) is 17.4 Å². The fraction of sp³-hybridized carbons (Fsp3) is 0.207. The molecule has 1 atom stereocenters. The summed E-state index contributed by atoms with van der Waals surface area (Å²) in [6, 6.07) is 12.8. The molecule has 4 aromatic rings. The van der Waals surface area contributed by atoms with E-state index in [2.05, 4.69) is 4.98 Å². The number of hydrogen-bond acceptors (Lipinski definition) is 9. The number of benzene rings is 3. The van der Waals surface area contributed by atoms with Gasteiger partial charge in [-0.3, -0.25) is 14.5 Å². The third-order valence-electron chi connectivity index (χ3n) is 6.61. The van der Waals surface area contributed by atoms with Crippen molar-refractivity contribution < 1.29 is 38.0 Å². The van der Waals surface area contributed by atoms with E-state index in [0.717, 1.165) is 11.3 Å². The molecule has 3 heterocycles. The molecule has 40 heavy (non-hydrogen) atoms. The first-order valence-corrected chi connectivity index (χ1v) is 13.3. The van der Waals surface area contributed by atoms with E-state index in [9.17, 15) is 19.1 Å². The molecule has 204 valence electrons. The normalized spacial score (nSPS) is 17.9. The Morgan fingerprint density at radius 1 is 1.07 bits per heavy atom. The third-order valence-corrected chi connectivity index (χ3v) is 7.63. The van der Waals surface area contributed by atoms with Crippen LogP contribution in [0.3, 0.4) is 0 Å². The maximum atomic E-state index is 13.9. The van der Waals surface area contributed by atoms with Crippen molar-refractivity contribution in [3.05, 3.63) is 77.1 Å². The molecule has 0 bridgehead atoms. The van der Waals surface area contributed by atoms with E-state index in [4.69, 9.17) is 18.9 Å². The monoisotopic (exact) mass is 562 g/mol. The number of thiazole rings is 1. The first kappa shape index (κ1) is 25.6. The zero-order valence-corrected chi connectivity index (χ0v) is 22.3. The number of halogens is 1. The highest BCUT2D eigenvalue weighted by molar-refractivity contribution is 7.22. The summed E-state index contributed by atoms with van der Waals surface area (Å²) in [4.78, 5) is 32.9. The fourth-order valence-electron chi connectivity index (χ4n) is 4.81. The topological polar surface area (TPSA) is 107 Å². The largest absolute Gasteiger partial charge is 0.507 e. The van der Waals surface area contributed by atoms with Crippen molar-refractivity contribution in [1.29, 1.82) is 0 Å². The minimum Gasteiger partial charge on any atom is -0.507 e. The number of methoxy groups -OCH3 is 1. The number of aromatic nitrogens is 1. The Kier molecular flexibility index (Phi) is 6.51. The predicted molar refractivity (Wildman–Crippen MR) is 146 cm³/mol. The molecule has 0 saturated carbocycles. The van der Waals surface area contributed by atoms with Gasteiger partial charge in [0.25, 0.3) is 5.78 Å². The van der Waals surface area contributed by atoms with Gasteiger partial charge in [-0.25, -0.2) is 9.37 Å². The van der Waals surface area contributed by atoms with Crippen LogP contribution >= 0.6 is 11.3 Å². The number of fused-ring (bicyclic) bond motifs is 2. The Morgan fingerprint density at radius 3 is 2.65 bits per heavy atom. The molecular formula is C29H23FN2O7S. The van der Waals surface area contributed by atoms with Gasteiger partial charge in [0, 0.05) is 5.56 Å². The standard InChI is InChI=1S/C29H23FN2O7S/c1-3-37-19-8-4-15(12-21(19)36-2)25-24(26(33)16-5-9-20-22(13-16)39-11-10-38-20)27(34)28(35)32(25)29-31-18-7-6-17(30)14-23(18)40-29/h4-9,12-14,25,33H,3,10-11H2,1-2H3. The average molecular weight is 563 g/mol. The van der Waals surface area contributed by atoms with Crippen molar-refractivity contribution in [2.45, 2.75) is 13.0 Å². The molecule has 11 heteroatoms. The van der Waals surface area contributed by atoms with Gasteiger partial charge in [-0.2, -0.15) is 0 Å². The number of hydrogen-bond donors (Lipinski definition) is 1. The summed E-state index contributed by atoms with van der Waals surface area (Å²) < 4.78 is 36.8. The maximum absolute atomic E-state index is 13.9. The minimum atomic E-state index is -1.07. The second kappa shape index (κ2) is 10.2. The third kappa shape index (κ3) is 4.28. The SMILES string of the molecule is CCOc1ccc(C2C(=C(O)c3ccc4c(c3)OCCO4)C(=O)C(=O)N2c2nc3ccc(F)cc3s2)cc1OC. The lowest BCUT2D eigenvalue weighted by Crippen LogP contribution is -2.29. The summed E-state index contributed by atoms with van der Waals surface area (Å²) >= 11 is 1.07. The van der Waals surface area contributed by atoms with Crippen molar-refractivity contribution in [3.63, 3.8) is 0 Å². The number of ketones is 1. The van der Waals surface area contributed by atoms with Gasteiger partial charge in [0.2, 0.25) is 0 Å². The van der Waals surface area contributed by atoms with Gasteiger partial charge in [-0.15, -0.1) is 0 Å². The van der Waals surface area contributed by atoms with E-state index in [0.29, 0.717) is 58.6 Å². The molecule has 0 spiro atoms. The van der Waals surface area contributed by atoms with Crippen LogP contribution in [0.15, 0.2) is 60.2 Å². The summed E-state index contributed by atoms with van der Waals surface area (Å²) in [6.45, 7) is 2.98. The molecule has 1 amide bonds. The highest BCUT2D eigenvalue weighted by Crippen LogP contribution is 2.46. The van der Waals surface area contributed by atoms with Gasteiger partial charge in [0.1, 0.15) is 24.8 Å². The Bertz CT molecular complexity index is 1700. The summed E-state index contributed by atoms with van der Waals surface area (Å²) in [7, 11) is 1.48. The summed E-state index contributed by atoms with van der Waals surface area (Å²) in [5, 5.41) is 11.7. The van der Waals surface area contributed by atoms with Crippen LogP contribution < -0.4 is 23.8 Å². The van der Waals surface area contributed by atoms with Crippen molar-refractivity contribution in [1.82, 2.24) is 4.98 Å². The zero-order valence-electron chi connectivity index (χ0n) is 21.5. The number of rotatable bonds is 6. The van der Waals surface area contributed by atoms with Crippen LogP contribution in [-0.2, 0) is 9.59 Å². The van der Waals surface area contributed by atoms with Crippen LogP contribution in [0.4, 0.5) is 9.52 Å². The van der Waals surface area contributed by atoms with Crippen molar-refractivity contribution in [3.8, 4) is 23.0 Å². The highest BCUT2D eigenvalue weighted by Gasteiger charge is 2.48. The Labute approximate surface area is 232 Å². The molecule has 6 rings (SSSR count). The van der Waals surface area contributed by atoms with E-state index in [1.54, 1.807) is 36.4 Å². The van der Waals surface area contributed by atoms with Gasteiger partial charge in [0.15, 0.2) is 28.1 Å². The Hall–Kier alpha value is -4.64. The average Bonchev–Trinajstić information content (AvgIpc) is 3.50. The quantitative estimate of drug-likeness (QED) is 0.193. The number of nitrogens with zero attached hydrogens (tertiary/aromatic N) is 2. The van der Waals surface area contributed by atoms with Crippen LogP contribution in [0.5, 0.6) is 23.0 Å². The molecule has 3 aromatic carbocycles. The van der Waals surface area contributed by atoms with E-state index >= 15 is 0 Å². The molecule has 2 aliphatic heterocycles. The number of ether oxygens (including phenoxy) is 4. The van der Waals surface area contributed by atoms with Gasteiger partial charge < -0.3 is 24.1 Å². The molecule has 1 fully saturated rings. The molecule has 0 aliphatic carbocycles. The minimum absolute atomic E-state index is 0.140. The van der Waals surface area contributed by atoms with Crippen LogP contribution in [-0.4, -0.2) is 48.7 Å². The second-order valence-electron chi connectivity index (χ2n) is 8.98. The first-order chi connectivity index (χ1) is 19.4. The van der Waals surface area contributed by atoms with Gasteiger partial charge >= 0.3 is 5.91 Å². The van der Waals surface area contributed by atoms with E-state index < -0.39 is 23.5 Å². The maximum Gasteiger partial charge on any atom is 0.301 e. The number of anilines is 1. The highest BCUT2D eigenvalue weighted by atomic mass is 32.1. The number of amides is 1. The first-order valence-electron chi connectivity index (χ1n) is 12.5. The van der Waals surface area contributed by atoms with E-state index in [1.165, 1.54) is 30.2 Å². The fourth-order valence-corrected chi connectivity index (χ4v) is 5.83.